The van der Waals surface area contributed by atoms with Gasteiger partial charge in [-0.05, 0) is 53.1 Å². The average molecular weight is 331 g/mol. The van der Waals surface area contributed by atoms with Crippen LogP contribution in [0.3, 0.4) is 0 Å². The van der Waals surface area contributed by atoms with Gasteiger partial charge >= 0.3 is 0 Å². The third-order valence-corrected chi connectivity index (χ3v) is 5.17. The Morgan fingerprint density at radius 3 is 3.17 bits per heavy atom. The third-order valence-electron chi connectivity index (χ3n) is 4.44. The second-order valence-corrected chi connectivity index (χ2v) is 7.21. The SMILES string of the molecule is O=C(Cc1ccsc1)NCC1OCCc2cn(CC3CC3)nc21. The zero-order valence-corrected chi connectivity index (χ0v) is 13.8. The number of rotatable bonds is 6. The first-order valence-corrected chi connectivity index (χ1v) is 9.18. The maximum atomic E-state index is 12.0. The predicted octanol–water partition coefficient (Wildman–Crippen LogP) is 2.33. The van der Waals surface area contributed by atoms with Crippen molar-refractivity contribution in [3.8, 4) is 0 Å². The molecule has 0 saturated heterocycles. The highest BCUT2D eigenvalue weighted by Gasteiger charge is 2.27. The molecule has 2 aromatic heterocycles. The van der Waals surface area contributed by atoms with E-state index in [1.807, 2.05) is 16.8 Å². The molecule has 1 fully saturated rings. The molecule has 2 aromatic rings. The third kappa shape index (κ3) is 3.64. The van der Waals surface area contributed by atoms with Gasteiger partial charge in [0.25, 0.3) is 0 Å². The van der Waals surface area contributed by atoms with Gasteiger partial charge in [-0.1, -0.05) is 0 Å². The fraction of sp³-hybridized carbons (Fsp3) is 0.529. The summed E-state index contributed by atoms with van der Waals surface area (Å²) in [5.74, 6) is 0.845. The summed E-state index contributed by atoms with van der Waals surface area (Å²) in [4.78, 5) is 12.0. The number of ether oxygens (including phenoxy) is 1. The van der Waals surface area contributed by atoms with Gasteiger partial charge in [-0.25, -0.2) is 0 Å². The molecular weight excluding hydrogens is 310 g/mol. The van der Waals surface area contributed by atoms with E-state index in [-0.39, 0.29) is 12.0 Å². The average Bonchev–Trinajstić information content (AvgIpc) is 3.04. The largest absolute Gasteiger partial charge is 0.370 e. The van der Waals surface area contributed by atoms with E-state index in [0.717, 1.165) is 30.1 Å². The van der Waals surface area contributed by atoms with E-state index in [1.165, 1.54) is 18.4 Å². The molecule has 1 saturated carbocycles. The standard InChI is InChI=1S/C17H21N3O2S/c21-16(7-13-4-6-23-11-13)18-8-15-17-14(3-5-22-15)10-20(19-17)9-12-1-2-12/h4,6,10-12,15H,1-3,5,7-9H2,(H,18,21). The number of carbonyl (C=O) groups excluding carboxylic acids is 1. The molecule has 0 aromatic carbocycles. The molecule has 1 aliphatic carbocycles. The Hall–Kier alpha value is -1.66. The van der Waals surface area contributed by atoms with Crippen LogP contribution in [0.1, 0.15) is 35.8 Å². The van der Waals surface area contributed by atoms with Crippen molar-refractivity contribution in [2.24, 2.45) is 5.92 Å². The van der Waals surface area contributed by atoms with E-state index in [2.05, 4.69) is 16.2 Å². The van der Waals surface area contributed by atoms with Crippen molar-refractivity contribution in [3.63, 3.8) is 0 Å². The van der Waals surface area contributed by atoms with Crippen molar-refractivity contribution in [1.29, 1.82) is 0 Å². The zero-order valence-electron chi connectivity index (χ0n) is 13.0. The van der Waals surface area contributed by atoms with Gasteiger partial charge in [0.05, 0.1) is 18.7 Å². The molecule has 0 bridgehead atoms. The summed E-state index contributed by atoms with van der Waals surface area (Å²) in [5, 5.41) is 11.7. The molecule has 1 aliphatic heterocycles. The summed E-state index contributed by atoms with van der Waals surface area (Å²) in [6.45, 7) is 2.22. The lowest BCUT2D eigenvalue weighted by Crippen LogP contribution is -2.32. The lowest BCUT2D eigenvalue weighted by atomic mass is 10.1. The van der Waals surface area contributed by atoms with E-state index in [1.54, 1.807) is 11.3 Å². The fourth-order valence-corrected chi connectivity index (χ4v) is 3.66. The van der Waals surface area contributed by atoms with E-state index < -0.39 is 0 Å². The zero-order chi connectivity index (χ0) is 15.6. The van der Waals surface area contributed by atoms with Crippen molar-refractivity contribution >= 4 is 17.2 Å². The highest BCUT2D eigenvalue weighted by Crippen LogP contribution is 2.32. The van der Waals surface area contributed by atoms with Gasteiger partial charge < -0.3 is 10.1 Å². The summed E-state index contributed by atoms with van der Waals surface area (Å²) in [7, 11) is 0. The smallest absolute Gasteiger partial charge is 0.224 e. The lowest BCUT2D eigenvalue weighted by Gasteiger charge is -2.22. The summed E-state index contributed by atoms with van der Waals surface area (Å²) < 4.78 is 7.90. The fourth-order valence-electron chi connectivity index (χ4n) is 2.99. The maximum absolute atomic E-state index is 12.0. The first kappa shape index (κ1) is 14.9. The topological polar surface area (TPSA) is 56.1 Å². The van der Waals surface area contributed by atoms with Gasteiger partial charge in [0.2, 0.25) is 5.91 Å². The molecule has 1 atom stereocenters. The number of nitrogens with one attached hydrogen (secondary N) is 1. The van der Waals surface area contributed by atoms with Crippen molar-refractivity contribution in [3.05, 3.63) is 39.8 Å². The van der Waals surface area contributed by atoms with Gasteiger partial charge in [-0.2, -0.15) is 16.4 Å². The Labute approximate surface area is 139 Å². The summed E-state index contributed by atoms with van der Waals surface area (Å²) in [6.07, 6.45) is 6.03. The number of nitrogens with zero attached hydrogens (tertiary/aromatic N) is 2. The van der Waals surface area contributed by atoms with Gasteiger partial charge in [0.15, 0.2) is 0 Å². The van der Waals surface area contributed by atoms with Gasteiger partial charge in [-0.15, -0.1) is 0 Å². The highest BCUT2D eigenvalue weighted by atomic mass is 32.1. The molecule has 1 amide bonds. The van der Waals surface area contributed by atoms with Crippen molar-refractivity contribution in [1.82, 2.24) is 15.1 Å². The Kier molecular flexibility index (Phi) is 4.18. The van der Waals surface area contributed by atoms with Crippen LogP contribution in [0.15, 0.2) is 23.0 Å². The van der Waals surface area contributed by atoms with E-state index in [0.29, 0.717) is 19.6 Å². The first-order valence-electron chi connectivity index (χ1n) is 8.23. The Morgan fingerprint density at radius 2 is 2.39 bits per heavy atom. The van der Waals surface area contributed by atoms with Crippen LogP contribution >= 0.6 is 11.3 Å². The minimum Gasteiger partial charge on any atom is -0.370 e. The van der Waals surface area contributed by atoms with Crippen molar-refractivity contribution in [2.75, 3.05) is 13.2 Å². The molecule has 0 radical (unpaired) electrons. The molecule has 1 unspecified atom stereocenters. The summed E-state index contributed by atoms with van der Waals surface area (Å²) in [5.41, 5.74) is 3.34. The molecule has 6 heteroatoms. The quantitative estimate of drug-likeness (QED) is 0.884. The first-order chi connectivity index (χ1) is 11.3. The minimum atomic E-state index is -0.120. The lowest BCUT2D eigenvalue weighted by molar-refractivity contribution is -0.121. The number of aromatic nitrogens is 2. The number of amides is 1. The second-order valence-electron chi connectivity index (χ2n) is 6.43. The normalized spacial score (nSPS) is 20.3. The number of carbonyl (C=O) groups is 1. The van der Waals surface area contributed by atoms with Crippen molar-refractivity contribution in [2.45, 2.75) is 38.3 Å². The van der Waals surface area contributed by atoms with Crippen LogP contribution in [0, 0.1) is 5.92 Å². The van der Waals surface area contributed by atoms with Crippen LogP contribution in [-0.4, -0.2) is 28.8 Å². The predicted molar refractivity (Wildman–Crippen MR) is 88.4 cm³/mol. The van der Waals surface area contributed by atoms with E-state index >= 15 is 0 Å². The van der Waals surface area contributed by atoms with Crippen molar-refractivity contribution < 1.29 is 9.53 Å². The summed E-state index contributed by atoms with van der Waals surface area (Å²) in [6, 6.07) is 1.99. The molecule has 2 aliphatic rings. The molecular formula is C17H21N3O2S. The van der Waals surface area contributed by atoms with E-state index in [4.69, 9.17) is 9.84 Å². The minimum absolute atomic E-state index is 0.0385. The molecule has 3 heterocycles. The van der Waals surface area contributed by atoms with Crippen LogP contribution in [0.4, 0.5) is 0 Å². The van der Waals surface area contributed by atoms with Crippen LogP contribution < -0.4 is 5.32 Å². The number of fused-ring (bicyclic) bond motifs is 1. The molecule has 23 heavy (non-hydrogen) atoms. The Bertz CT molecular complexity index is 676. The van der Waals surface area contributed by atoms with Crippen LogP contribution in [-0.2, 0) is 28.9 Å². The number of hydrogen-bond donors (Lipinski definition) is 1. The Morgan fingerprint density at radius 1 is 1.48 bits per heavy atom. The monoisotopic (exact) mass is 331 g/mol. The van der Waals surface area contributed by atoms with Gasteiger partial charge in [-0.3, -0.25) is 9.48 Å². The van der Waals surface area contributed by atoms with Crippen LogP contribution in [0.25, 0.3) is 0 Å². The molecule has 0 spiro atoms. The highest BCUT2D eigenvalue weighted by molar-refractivity contribution is 7.07. The number of hydrogen-bond acceptors (Lipinski definition) is 4. The van der Waals surface area contributed by atoms with Gasteiger partial charge in [0, 0.05) is 19.3 Å². The van der Waals surface area contributed by atoms with Gasteiger partial charge in [0.1, 0.15) is 6.10 Å². The molecule has 5 nitrogen and oxygen atoms in total. The maximum Gasteiger partial charge on any atom is 0.224 e. The van der Waals surface area contributed by atoms with Crippen LogP contribution in [0.2, 0.25) is 0 Å². The molecule has 4 rings (SSSR count). The van der Waals surface area contributed by atoms with E-state index in [9.17, 15) is 4.79 Å². The molecule has 1 N–H and O–H groups in total. The van der Waals surface area contributed by atoms with Crippen LogP contribution in [0.5, 0.6) is 0 Å². The second kappa shape index (κ2) is 6.45. The Balaban J connectivity index is 1.36. The number of thiophene rings is 1. The summed E-state index contributed by atoms with van der Waals surface area (Å²) >= 11 is 1.61. The molecule has 122 valence electrons.